The minimum Gasteiger partial charge on any atom is -0.308 e. The molecule has 10 aromatic carbocycles. The number of halogens is 6. The molecule has 2 aromatic heterocycles. The second kappa shape index (κ2) is 21.2. The molecule has 88 heavy (non-hydrogen) atoms. The molecule has 0 radical (unpaired) electrons. The highest BCUT2D eigenvalue weighted by molar-refractivity contribution is 6.15. The predicted molar refractivity (Wildman–Crippen MR) is 315 cm³/mol. The second-order valence-electron chi connectivity index (χ2n) is 20.3. The van der Waals surface area contributed by atoms with Gasteiger partial charge in [-0.05, 0) is 171 Å². The summed E-state index contributed by atoms with van der Waals surface area (Å²) >= 11 is 0. The van der Waals surface area contributed by atoms with E-state index in [1.165, 1.54) is 60.7 Å². The molecule has 0 amide bonds. The fraction of sp³-hybridized carbons (Fsp3) is 0.0282. The molecular formula is C71H29F6N11. The van der Waals surface area contributed by atoms with Crippen LogP contribution in [0.5, 0.6) is 0 Å². The summed E-state index contributed by atoms with van der Waals surface area (Å²) in [5.41, 5.74) is 1.55. The smallest absolute Gasteiger partial charge is 0.308 e. The Morgan fingerprint density at radius 2 is 0.568 bits per heavy atom. The SMILES string of the molecule is N#Cc1ccc(-c2ccc3c(c2)c2cc(-c4ccc(C#N)cc4C#N)ccc2n3-c2cc(C#N)cc(-n3c4ccc(-c5ccc(C#N)cc5C#N)cc4c4cc(-c5ccc(C#N)cc5C#N)ccc43)c2-c2ccc(C(F)(F)F)cc2C(F)(F)F)c(C#N)c1. The summed E-state index contributed by atoms with van der Waals surface area (Å²) < 4.78 is 95.6. The maximum Gasteiger partial charge on any atom is 0.417 e. The zero-order chi connectivity index (χ0) is 61.9. The Hall–Kier alpha value is -13.2. The minimum atomic E-state index is -5.45. The molecule has 0 fully saturated rings. The first kappa shape index (κ1) is 55.3. The molecule has 2 heterocycles. The molecule has 0 saturated heterocycles. The quantitative estimate of drug-likeness (QED) is 0.138. The van der Waals surface area contributed by atoms with E-state index in [0.717, 1.165) is 6.07 Å². The number of alkyl halides is 6. The lowest BCUT2D eigenvalue weighted by molar-refractivity contribution is -0.142. The van der Waals surface area contributed by atoms with Gasteiger partial charge in [0.2, 0.25) is 0 Å². The van der Waals surface area contributed by atoms with E-state index in [1.807, 2.05) is 24.3 Å². The van der Waals surface area contributed by atoms with Gasteiger partial charge in [-0.25, -0.2) is 0 Å². The van der Waals surface area contributed by atoms with Gasteiger partial charge in [-0.3, -0.25) is 0 Å². The van der Waals surface area contributed by atoms with Crippen LogP contribution in [0.15, 0.2) is 176 Å². The number of aromatic nitrogens is 2. The number of hydrogen-bond acceptors (Lipinski definition) is 9. The van der Waals surface area contributed by atoms with Crippen LogP contribution in [0.4, 0.5) is 26.3 Å². The molecule has 0 aliphatic rings. The molecular weight excluding hydrogens is 1120 g/mol. The number of nitriles is 9. The molecule has 0 aliphatic heterocycles. The van der Waals surface area contributed by atoms with Crippen molar-refractivity contribution in [3.63, 3.8) is 0 Å². The van der Waals surface area contributed by atoms with Gasteiger partial charge in [-0.1, -0.05) is 54.6 Å². The Morgan fingerprint density at radius 3 is 0.830 bits per heavy atom. The van der Waals surface area contributed by atoms with E-state index in [4.69, 9.17) is 0 Å². The van der Waals surface area contributed by atoms with Crippen molar-refractivity contribution in [1.29, 1.82) is 47.4 Å². The average molecular weight is 1150 g/mol. The van der Waals surface area contributed by atoms with Crippen molar-refractivity contribution in [3.05, 3.63) is 237 Å². The van der Waals surface area contributed by atoms with Gasteiger partial charge in [0, 0.05) is 27.1 Å². The maximum absolute atomic E-state index is 16.1. The summed E-state index contributed by atoms with van der Waals surface area (Å²) in [4.78, 5) is 0. The monoisotopic (exact) mass is 1150 g/mol. The first-order valence-corrected chi connectivity index (χ1v) is 26.3. The molecule has 0 atom stereocenters. The fourth-order valence-corrected chi connectivity index (χ4v) is 11.5. The van der Waals surface area contributed by atoms with E-state index in [1.54, 1.807) is 106 Å². The lowest BCUT2D eigenvalue weighted by Gasteiger charge is -2.24. The van der Waals surface area contributed by atoms with Crippen LogP contribution in [-0.2, 0) is 12.4 Å². The molecule has 11 nitrogen and oxygen atoms in total. The zero-order valence-corrected chi connectivity index (χ0v) is 44.9. The van der Waals surface area contributed by atoms with E-state index >= 15 is 13.2 Å². The van der Waals surface area contributed by atoms with Gasteiger partial charge in [0.05, 0.1) is 149 Å². The van der Waals surface area contributed by atoms with Gasteiger partial charge < -0.3 is 9.13 Å². The molecule has 0 unspecified atom stereocenters. The van der Waals surface area contributed by atoms with Crippen molar-refractivity contribution in [2.45, 2.75) is 12.4 Å². The third-order valence-electron chi connectivity index (χ3n) is 15.5. The Labute approximate surface area is 495 Å². The first-order chi connectivity index (χ1) is 42.4. The third-order valence-corrected chi connectivity index (χ3v) is 15.5. The maximum atomic E-state index is 16.1. The number of rotatable bonds is 7. The Morgan fingerprint density at radius 1 is 0.273 bits per heavy atom. The topological polar surface area (TPSA) is 224 Å². The van der Waals surface area contributed by atoms with Crippen LogP contribution < -0.4 is 0 Å². The standard InChI is InChI=1S/C71H29F6N11/c72-70(73,74)52-9-14-57(62(29-52)71(75,76)77)69-67(87-63-15-5-44(53-10-1-39(30-78)19-48(53)35-83)25-58(63)59-26-45(6-16-64(59)87)54-11-2-40(31-79)20-49(54)36-84)23-43(34-82)24-68(69)88-65-17-7-46(55-12-3-41(32-80)21-50(55)37-85)27-60(65)61-28-47(8-18-66(61)88)56-13-4-42(33-81)22-51(56)38-86/h1-29H. The number of fused-ring (bicyclic) bond motifs is 6. The number of benzene rings is 10. The molecule has 0 aliphatic carbocycles. The highest BCUT2D eigenvalue weighted by Gasteiger charge is 2.40. The van der Waals surface area contributed by atoms with E-state index in [-0.39, 0.29) is 73.1 Å². The van der Waals surface area contributed by atoms with Gasteiger partial charge in [0.25, 0.3) is 0 Å². The molecule has 17 heteroatoms. The van der Waals surface area contributed by atoms with Crippen molar-refractivity contribution in [1.82, 2.24) is 9.13 Å². The third kappa shape index (κ3) is 9.21. The second-order valence-corrected chi connectivity index (χ2v) is 20.3. The van der Waals surface area contributed by atoms with E-state index in [9.17, 15) is 60.5 Å². The lowest BCUT2D eigenvalue weighted by atomic mass is 9.92. The number of hydrogen-bond donors (Lipinski definition) is 0. The van der Waals surface area contributed by atoms with Gasteiger partial charge >= 0.3 is 12.4 Å². The highest BCUT2D eigenvalue weighted by Crippen LogP contribution is 2.49. The van der Waals surface area contributed by atoms with Crippen LogP contribution in [0.2, 0.25) is 0 Å². The molecule has 0 spiro atoms. The van der Waals surface area contributed by atoms with Crippen molar-refractivity contribution >= 4 is 43.6 Å². The van der Waals surface area contributed by atoms with E-state index < -0.39 is 29.0 Å². The summed E-state index contributed by atoms with van der Waals surface area (Å²) in [5.74, 6) is 0. The predicted octanol–water partition coefficient (Wildman–Crippen LogP) is 17.1. The van der Waals surface area contributed by atoms with Crippen LogP contribution in [0, 0.1) is 102 Å². The average Bonchev–Trinajstić information content (AvgIpc) is 1.84. The Kier molecular flexibility index (Phi) is 13.3. The number of nitrogens with zero attached hydrogens (tertiary/aromatic N) is 11. The molecule has 12 aromatic rings. The van der Waals surface area contributed by atoms with Crippen molar-refractivity contribution in [2.24, 2.45) is 0 Å². The summed E-state index contributed by atoms with van der Waals surface area (Å²) in [6.07, 6.45) is -10.7. The summed E-state index contributed by atoms with van der Waals surface area (Å²) in [7, 11) is 0. The summed E-state index contributed by atoms with van der Waals surface area (Å²) in [6, 6.07) is 61.2. The van der Waals surface area contributed by atoms with Crippen LogP contribution in [0.3, 0.4) is 0 Å². The molecule has 0 saturated carbocycles. The minimum absolute atomic E-state index is 0.0411. The zero-order valence-electron chi connectivity index (χ0n) is 44.9. The van der Waals surface area contributed by atoms with Crippen LogP contribution in [0.1, 0.15) is 61.2 Å². The summed E-state index contributed by atoms with van der Waals surface area (Å²) in [5, 5.41) is 93.1. The Balaban J connectivity index is 1.25. The van der Waals surface area contributed by atoms with Crippen molar-refractivity contribution < 1.29 is 26.3 Å². The van der Waals surface area contributed by atoms with E-state index in [0.29, 0.717) is 94.2 Å². The van der Waals surface area contributed by atoms with Gasteiger partial charge in [0.15, 0.2) is 0 Å². The largest absolute Gasteiger partial charge is 0.417 e. The molecule has 0 N–H and O–H groups in total. The van der Waals surface area contributed by atoms with Gasteiger partial charge in [-0.15, -0.1) is 0 Å². The normalized spacial score (nSPS) is 11.2. The molecule has 410 valence electrons. The van der Waals surface area contributed by atoms with Gasteiger partial charge in [0.1, 0.15) is 0 Å². The fourth-order valence-electron chi connectivity index (χ4n) is 11.5. The summed E-state index contributed by atoms with van der Waals surface area (Å²) in [6.45, 7) is 0. The molecule has 12 rings (SSSR count). The Bertz CT molecular complexity index is 4940. The van der Waals surface area contributed by atoms with Crippen LogP contribution in [-0.4, -0.2) is 9.13 Å². The van der Waals surface area contributed by atoms with Crippen LogP contribution in [0.25, 0.3) is 111 Å². The van der Waals surface area contributed by atoms with Crippen molar-refractivity contribution in [3.8, 4) is 122 Å². The van der Waals surface area contributed by atoms with Crippen molar-refractivity contribution in [2.75, 3.05) is 0 Å². The van der Waals surface area contributed by atoms with Crippen LogP contribution >= 0.6 is 0 Å². The molecule has 0 bridgehead atoms. The highest BCUT2D eigenvalue weighted by atomic mass is 19.4. The lowest BCUT2D eigenvalue weighted by Crippen LogP contribution is -2.14. The first-order valence-electron chi connectivity index (χ1n) is 26.3. The van der Waals surface area contributed by atoms with E-state index in [2.05, 4.69) is 30.3 Å². The van der Waals surface area contributed by atoms with Gasteiger partial charge in [-0.2, -0.15) is 73.7 Å².